The summed E-state index contributed by atoms with van der Waals surface area (Å²) in [4.78, 5) is 16.6. The number of benzene rings is 1. The van der Waals surface area contributed by atoms with Gasteiger partial charge in [0.2, 0.25) is 5.91 Å². The van der Waals surface area contributed by atoms with E-state index in [2.05, 4.69) is 15.4 Å². The minimum Gasteiger partial charge on any atom is -0.308 e. The Morgan fingerprint density at radius 1 is 1.27 bits per heavy atom. The summed E-state index contributed by atoms with van der Waals surface area (Å²) in [5, 5.41) is 16.0. The van der Waals surface area contributed by atoms with Crippen molar-refractivity contribution in [1.82, 2.24) is 14.8 Å². The van der Waals surface area contributed by atoms with Crippen molar-refractivity contribution in [1.29, 1.82) is 5.26 Å². The number of hydrogen-bond acceptors (Lipinski definition) is 4. The number of anilines is 1. The topological polar surface area (TPSA) is 83.6 Å². The molecule has 4 rings (SSSR count). The molecule has 1 amide bonds. The van der Waals surface area contributed by atoms with E-state index in [-0.39, 0.29) is 17.4 Å². The van der Waals surface area contributed by atoms with Crippen LogP contribution in [0.5, 0.6) is 0 Å². The smallest absolute Gasteiger partial charge is 0.236 e. The molecule has 0 bridgehead atoms. The number of halogens is 1. The van der Waals surface area contributed by atoms with Gasteiger partial charge >= 0.3 is 0 Å². The second-order valence-electron chi connectivity index (χ2n) is 6.17. The van der Waals surface area contributed by atoms with Gasteiger partial charge in [-0.05, 0) is 25.0 Å². The van der Waals surface area contributed by atoms with E-state index in [4.69, 9.17) is 5.26 Å². The Morgan fingerprint density at radius 3 is 2.81 bits per heavy atom. The Balaban J connectivity index is 1.55. The highest BCUT2D eigenvalue weighted by atomic mass is 19.1. The first-order valence-corrected chi connectivity index (χ1v) is 8.11. The van der Waals surface area contributed by atoms with Crippen LogP contribution in [-0.4, -0.2) is 20.7 Å². The molecule has 1 fully saturated rings. The molecule has 128 valence electrons. The van der Waals surface area contributed by atoms with E-state index in [0.717, 1.165) is 0 Å². The van der Waals surface area contributed by atoms with Crippen molar-refractivity contribution in [2.24, 2.45) is 0 Å². The third-order valence-corrected chi connectivity index (χ3v) is 4.53. The molecule has 1 aromatic carbocycles. The number of nitrogens with one attached hydrogen (secondary N) is 1. The Labute approximate surface area is 148 Å². The monoisotopic (exact) mass is 347 g/mol. The minimum atomic E-state index is -0.820. The highest BCUT2D eigenvalue weighted by molar-refractivity contribution is 6.00. The molecule has 7 heteroatoms. The van der Waals surface area contributed by atoms with Crippen molar-refractivity contribution in [2.75, 3.05) is 5.32 Å². The van der Waals surface area contributed by atoms with Gasteiger partial charge in [-0.15, -0.1) is 0 Å². The third-order valence-electron chi connectivity index (χ3n) is 4.53. The second kappa shape index (κ2) is 6.08. The summed E-state index contributed by atoms with van der Waals surface area (Å²) in [5.41, 5.74) is 0.539. The van der Waals surface area contributed by atoms with E-state index in [0.29, 0.717) is 29.9 Å². The zero-order valence-electron chi connectivity index (χ0n) is 13.7. The van der Waals surface area contributed by atoms with Gasteiger partial charge in [-0.3, -0.25) is 4.79 Å². The Bertz CT molecular complexity index is 1030. The van der Waals surface area contributed by atoms with Crippen molar-refractivity contribution in [3.05, 3.63) is 71.9 Å². The molecule has 26 heavy (non-hydrogen) atoms. The summed E-state index contributed by atoms with van der Waals surface area (Å²) in [5.74, 6) is -0.264. The normalized spacial score (nSPS) is 14.5. The molecule has 0 spiro atoms. The van der Waals surface area contributed by atoms with Gasteiger partial charge in [-0.1, -0.05) is 18.2 Å². The summed E-state index contributed by atoms with van der Waals surface area (Å²) in [6.45, 7) is 0. The number of carbonyl (C=O) groups excluding carboxylic acids is 1. The lowest BCUT2D eigenvalue weighted by Gasteiger charge is -2.15. The van der Waals surface area contributed by atoms with E-state index >= 15 is 0 Å². The van der Waals surface area contributed by atoms with Crippen LogP contribution < -0.4 is 5.32 Å². The first kappa shape index (κ1) is 16.0. The number of pyridine rings is 1. The molecule has 3 aromatic rings. The van der Waals surface area contributed by atoms with E-state index in [1.807, 2.05) is 6.07 Å². The number of nitriles is 1. The van der Waals surface area contributed by atoms with Gasteiger partial charge in [0, 0.05) is 30.1 Å². The van der Waals surface area contributed by atoms with E-state index < -0.39 is 5.41 Å². The van der Waals surface area contributed by atoms with Crippen LogP contribution in [0.3, 0.4) is 0 Å². The molecule has 0 radical (unpaired) electrons. The number of nitrogens with zero attached hydrogens (tertiary/aromatic N) is 4. The SMILES string of the molecule is N#Cc1cc(-n2ccc(NC(=O)C3(c4ccccc4F)CC3)n2)ccn1. The minimum absolute atomic E-state index is 0.264. The van der Waals surface area contributed by atoms with Crippen LogP contribution in [-0.2, 0) is 10.2 Å². The maximum atomic E-state index is 14.1. The highest BCUT2D eigenvalue weighted by Crippen LogP contribution is 2.49. The molecule has 1 aliphatic carbocycles. The number of hydrogen-bond donors (Lipinski definition) is 1. The van der Waals surface area contributed by atoms with Gasteiger partial charge in [0.15, 0.2) is 5.82 Å². The van der Waals surface area contributed by atoms with Crippen LogP contribution in [0.1, 0.15) is 24.1 Å². The van der Waals surface area contributed by atoms with Crippen molar-refractivity contribution < 1.29 is 9.18 Å². The number of amides is 1. The molecule has 0 saturated heterocycles. The lowest BCUT2D eigenvalue weighted by atomic mass is 9.94. The van der Waals surface area contributed by atoms with Crippen LogP contribution in [0.15, 0.2) is 54.9 Å². The lowest BCUT2D eigenvalue weighted by molar-refractivity contribution is -0.118. The third kappa shape index (κ3) is 2.71. The maximum absolute atomic E-state index is 14.1. The standard InChI is InChI=1S/C19H14FN5O/c20-16-4-2-1-3-15(16)19(7-8-19)18(26)23-17-6-10-25(24-17)14-5-9-22-13(11-14)12-21/h1-6,9-11H,7-8H2,(H,23,24,26). The maximum Gasteiger partial charge on any atom is 0.236 e. The zero-order valence-corrected chi connectivity index (χ0v) is 13.7. The zero-order chi connectivity index (χ0) is 18.1. The number of rotatable bonds is 4. The molecule has 0 aliphatic heterocycles. The molecule has 1 saturated carbocycles. The molecule has 6 nitrogen and oxygen atoms in total. The number of carbonyl (C=O) groups is 1. The van der Waals surface area contributed by atoms with Gasteiger partial charge in [0.25, 0.3) is 0 Å². The fraction of sp³-hybridized carbons (Fsp3) is 0.158. The summed E-state index contributed by atoms with van der Waals surface area (Å²) >= 11 is 0. The molecule has 1 N–H and O–H groups in total. The summed E-state index contributed by atoms with van der Waals surface area (Å²) < 4.78 is 15.6. The summed E-state index contributed by atoms with van der Waals surface area (Å²) in [6, 6.07) is 13.3. The molecular formula is C19H14FN5O. The summed E-state index contributed by atoms with van der Waals surface area (Å²) in [7, 11) is 0. The van der Waals surface area contributed by atoms with Crippen LogP contribution in [0.2, 0.25) is 0 Å². The average molecular weight is 347 g/mol. The van der Waals surface area contributed by atoms with Gasteiger partial charge in [0.1, 0.15) is 17.6 Å². The van der Waals surface area contributed by atoms with Gasteiger partial charge in [0.05, 0.1) is 11.1 Å². The van der Waals surface area contributed by atoms with Gasteiger partial charge < -0.3 is 5.32 Å². The van der Waals surface area contributed by atoms with E-state index in [1.165, 1.54) is 12.3 Å². The molecule has 1 aliphatic rings. The first-order chi connectivity index (χ1) is 12.6. The van der Waals surface area contributed by atoms with Crippen LogP contribution in [0, 0.1) is 17.1 Å². The predicted octanol–water partition coefficient (Wildman–Crippen LogP) is 2.95. The van der Waals surface area contributed by atoms with Crippen molar-refractivity contribution in [3.63, 3.8) is 0 Å². The van der Waals surface area contributed by atoms with Gasteiger partial charge in [-0.25, -0.2) is 14.1 Å². The molecule has 0 unspecified atom stereocenters. The largest absolute Gasteiger partial charge is 0.308 e. The van der Waals surface area contributed by atoms with Crippen molar-refractivity contribution in [3.8, 4) is 11.8 Å². The van der Waals surface area contributed by atoms with Gasteiger partial charge in [-0.2, -0.15) is 10.4 Å². The molecule has 2 aromatic heterocycles. The Morgan fingerprint density at radius 2 is 2.08 bits per heavy atom. The fourth-order valence-electron chi connectivity index (χ4n) is 2.99. The van der Waals surface area contributed by atoms with Crippen LogP contribution in [0.25, 0.3) is 5.69 Å². The molecule has 2 heterocycles. The predicted molar refractivity (Wildman–Crippen MR) is 92.0 cm³/mol. The lowest BCUT2D eigenvalue weighted by Crippen LogP contribution is -2.29. The quantitative estimate of drug-likeness (QED) is 0.786. The first-order valence-electron chi connectivity index (χ1n) is 8.11. The van der Waals surface area contributed by atoms with Crippen LogP contribution in [0.4, 0.5) is 10.2 Å². The summed E-state index contributed by atoms with van der Waals surface area (Å²) in [6.07, 6.45) is 4.41. The fourth-order valence-corrected chi connectivity index (χ4v) is 2.99. The van der Waals surface area contributed by atoms with E-state index in [1.54, 1.807) is 47.3 Å². The van der Waals surface area contributed by atoms with E-state index in [9.17, 15) is 9.18 Å². The van der Waals surface area contributed by atoms with Crippen LogP contribution >= 0.6 is 0 Å². The second-order valence-corrected chi connectivity index (χ2v) is 6.17. The van der Waals surface area contributed by atoms with Crippen molar-refractivity contribution >= 4 is 11.7 Å². The number of aromatic nitrogens is 3. The van der Waals surface area contributed by atoms with Crippen molar-refractivity contribution in [2.45, 2.75) is 18.3 Å². The Kier molecular flexibility index (Phi) is 3.73. The highest BCUT2D eigenvalue weighted by Gasteiger charge is 2.52. The molecular weight excluding hydrogens is 333 g/mol. The Hall–Kier alpha value is -3.53. The average Bonchev–Trinajstić information content (AvgIpc) is 3.35. The molecule has 0 atom stereocenters.